The van der Waals surface area contributed by atoms with Crippen molar-refractivity contribution in [3.05, 3.63) is 53.6 Å². The molecule has 2 aromatic carbocycles. The third-order valence-electron chi connectivity index (χ3n) is 2.64. The molecule has 0 aromatic heterocycles. The summed E-state index contributed by atoms with van der Waals surface area (Å²) in [5.41, 5.74) is 1.38. The molecule has 0 amide bonds. The maximum Gasteiger partial charge on any atom is 0.176 e. The van der Waals surface area contributed by atoms with E-state index < -0.39 is 0 Å². The highest BCUT2D eigenvalue weighted by Gasteiger charge is 2.12. The second-order valence-corrected chi connectivity index (χ2v) is 5.28. The average Bonchev–Trinajstić information content (AvgIpc) is 2.36. The number of hydrogen-bond acceptors (Lipinski definition) is 4. The fraction of sp³-hybridized carbons (Fsp3) is 0.133. The summed E-state index contributed by atoms with van der Waals surface area (Å²) in [6.45, 7) is 2.00. The molecule has 98 valence electrons. The van der Waals surface area contributed by atoms with Gasteiger partial charge in [-0.3, -0.25) is 4.79 Å². The van der Waals surface area contributed by atoms with E-state index in [0.29, 0.717) is 0 Å². The van der Waals surface area contributed by atoms with Crippen molar-refractivity contribution in [1.29, 1.82) is 0 Å². The number of phenols is 2. The second kappa shape index (κ2) is 5.80. The Morgan fingerprint density at radius 1 is 1.16 bits per heavy atom. The first-order valence-corrected chi connectivity index (χ1v) is 6.79. The van der Waals surface area contributed by atoms with Crippen LogP contribution in [-0.4, -0.2) is 21.7 Å². The summed E-state index contributed by atoms with van der Waals surface area (Å²) in [5.74, 6) is -0.152. The summed E-state index contributed by atoms with van der Waals surface area (Å²) in [4.78, 5) is 13.0. The molecule has 0 saturated carbocycles. The van der Waals surface area contributed by atoms with Crippen LogP contribution in [0.2, 0.25) is 0 Å². The van der Waals surface area contributed by atoms with Crippen LogP contribution in [0.15, 0.2) is 47.4 Å². The molecule has 2 aromatic rings. The van der Waals surface area contributed by atoms with Gasteiger partial charge in [0.05, 0.1) is 11.3 Å². The standard InChI is InChI=1S/C15H14O3S/c1-10-3-2-4-12(7-10)19-9-15(18)13-6-5-11(16)8-14(13)17/h2-8,16-17H,9H2,1H3. The van der Waals surface area contributed by atoms with E-state index in [2.05, 4.69) is 0 Å². The predicted octanol–water partition coefficient (Wildman–Crippen LogP) is 3.38. The number of Topliss-reactive ketones (excluding diaryl/α,β-unsaturated/α-hetero) is 1. The van der Waals surface area contributed by atoms with Crippen LogP contribution in [0.4, 0.5) is 0 Å². The highest BCUT2D eigenvalue weighted by atomic mass is 32.2. The van der Waals surface area contributed by atoms with Crippen LogP contribution >= 0.6 is 11.8 Å². The molecule has 4 heteroatoms. The van der Waals surface area contributed by atoms with Crippen LogP contribution in [0, 0.1) is 6.92 Å². The topological polar surface area (TPSA) is 57.5 Å². The fourth-order valence-electron chi connectivity index (χ4n) is 1.69. The van der Waals surface area contributed by atoms with Crippen LogP contribution in [0.1, 0.15) is 15.9 Å². The Balaban J connectivity index is 2.05. The Kier molecular flexibility index (Phi) is 4.12. The zero-order chi connectivity index (χ0) is 13.8. The summed E-state index contributed by atoms with van der Waals surface area (Å²) in [6, 6.07) is 11.9. The number of aromatic hydroxyl groups is 2. The van der Waals surface area contributed by atoms with Crippen molar-refractivity contribution in [3.63, 3.8) is 0 Å². The van der Waals surface area contributed by atoms with E-state index in [-0.39, 0.29) is 28.6 Å². The van der Waals surface area contributed by atoms with Crippen molar-refractivity contribution in [2.24, 2.45) is 0 Å². The van der Waals surface area contributed by atoms with E-state index in [9.17, 15) is 15.0 Å². The molecule has 0 unspecified atom stereocenters. The minimum Gasteiger partial charge on any atom is -0.508 e. The summed E-state index contributed by atoms with van der Waals surface area (Å²) in [6.07, 6.45) is 0. The van der Waals surface area contributed by atoms with E-state index in [1.165, 1.54) is 30.0 Å². The number of rotatable bonds is 4. The third kappa shape index (κ3) is 3.51. The molecule has 2 rings (SSSR count). The first-order valence-electron chi connectivity index (χ1n) is 5.81. The normalized spacial score (nSPS) is 10.4. The Bertz CT molecular complexity index is 608. The van der Waals surface area contributed by atoms with E-state index in [1.54, 1.807) is 0 Å². The minimum atomic E-state index is -0.185. The molecule has 0 bridgehead atoms. The number of benzene rings is 2. The summed E-state index contributed by atoms with van der Waals surface area (Å²) in [5, 5.41) is 18.8. The zero-order valence-electron chi connectivity index (χ0n) is 10.5. The second-order valence-electron chi connectivity index (χ2n) is 4.23. The van der Waals surface area contributed by atoms with E-state index in [0.717, 1.165) is 10.5 Å². The van der Waals surface area contributed by atoms with E-state index in [1.807, 2.05) is 31.2 Å². The molecule has 0 saturated heterocycles. The molecular weight excluding hydrogens is 260 g/mol. The van der Waals surface area contributed by atoms with Gasteiger partial charge in [0, 0.05) is 11.0 Å². The predicted molar refractivity (Wildman–Crippen MR) is 76.0 cm³/mol. The molecule has 3 nitrogen and oxygen atoms in total. The molecule has 0 aliphatic heterocycles. The summed E-state index contributed by atoms with van der Waals surface area (Å²) in [7, 11) is 0. The van der Waals surface area contributed by atoms with Gasteiger partial charge in [0.1, 0.15) is 11.5 Å². The van der Waals surface area contributed by atoms with E-state index in [4.69, 9.17) is 0 Å². The van der Waals surface area contributed by atoms with E-state index >= 15 is 0 Å². The largest absolute Gasteiger partial charge is 0.508 e. The van der Waals surface area contributed by atoms with Crippen LogP contribution in [0.3, 0.4) is 0 Å². The molecule has 19 heavy (non-hydrogen) atoms. The van der Waals surface area contributed by atoms with Crippen molar-refractivity contribution >= 4 is 17.5 Å². The number of phenolic OH excluding ortho intramolecular Hbond substituents is 2. The molecule has 0 aliphatic carbocycles. The fourth-order valence-corrected chi connectivity index (χ4v) is 2.58. The van der Waals surface area contributed by atoms with Crippen LogP contribution in [0.25, 0.3) is 0 Å². The van der Waals surface area contributed by atoms with Gasteiger partial charge in [0.15, 0.2) is 5.78 Å². The number of carbonyl (C=O) groups is 1. The molecule has 0 heterocycles. The van der Waals surface area contributed by atoms with Crippen molar-refractivity contribution in [3.8, 4) is 11.5 Å². The smallest absolute Gasteiger partial charge is 0.176 e. The number of carbonyl (C=O) groups excluding carboxylic acids is 1. The molecular formula is C15H14O3S. The van der Waals surface area contributed by atoms with Gasteiger partial charge in [-0.2, -0.15) is 0 Å². The van der Waals surface area contributed by atoms with Gasteiger partial charge < -0.3 is 10.2 Å². The van der Waals surface area contributed by atoms with Crippen molar-refractivity contribution in [1.82, 2.24) is 0 Å². The number of ketones is 1. The quantitative estimate of drug-likeness (QED) is 0.663. The molecule has 0 radical (unpaired) electrons. The monoisotopic (exact) mass is 274 g/mol. The van der Waals surface area contributed by atoms with Crippen molar-refractivity contribution < 1.29 is 15.0 Å². The summed E-state index contributed by atoms with van der Waals surface area (Å²) < 4.78 is 0. The first-order chi connectivity index (χ1) is 9.06. The Labute approximate surface area is 115 Å². The van der Waals surface area contributed by atoms with Crippen LogP contribution in [0.5, 0.6) is 11.5 Å². The van der Waals surface area contributed by atoms with Crippen molar-refractivity contribution in [2.75, 3.05) is 5.75 Å². The van der Waals surface area contributed by atoms with Crippen molar-refractivity contribution in [2.45, 2.75) is 11.8 Å². The Morgan fingerprint density at radius 3 is 2.63 bits per heavy atom. The zero-order valence-corrected chi connectivity index (χ0v) is 11.3. The molecule has 0 aliphatic rings. The lowest BCUT2D eigenvalue weighted by molar-refractivity contribution is 0.102. The van der Waals surface area contributed by atoms with Crippen LogP contribution in [-0.2, 0) is 0 Å². The SMILES string of the molecule is Cc1cccc(SCC(=O)c2ccc(O)cc2O)c1. The number of aryl methyl sites for hydroxylation is 1. The van der Waals surface area contributed by atoms with Gasteiger partial charge in [-0.15, -0.1) is 11.8 Å². The van der Waals surface area contributed by atoms with Gasteiger partial charge in [-0.1, -0.05) is 17.7 Å². The third-order valence-corrected chi connectivity index (χ3v) is 3.63. The van der Waals surface area contributed by atoms with Gasteiger partial charge in [-0.25, -0.2) is 0 Å². The number of thioether (sulfide) groups is 1. The first kappa shape index (κ1) is 13.5. The van der Waals surface area contributed by atoms with Gasteiger partial charge in [0.2, 0.25) is 0 Å². The maximum atomic E-state index is 12.0. The minimum absolute atomic E-state index is 0.0552. The molecule has 0 fully saturated rings. The van der Waals surface area contributed by atoms with Crippen LogP contribution < -0.4 is 0 Å². The lowest BCUT2D eigenvalue weighted by atomic mass is 10.1. The molecule has 2 N–H and O–H groups in total. The Hall–Kier alpha value is -1.94. The lowest BCUT2D eigenvalue weighted by Gasteiger charge is -2.05. The lowest BCUT2D eigenvalue weighted by Crippen LogP contribution is -2.02. The average molecular weight is 274 g/mol. The highest BCUT2D eigenvalue weighted by Crippen LogP contribution is 2.26. The van der Waals surface area contributed by atoms with Gasteiger partial charge >= 0.3 is 0 Å². The Morgan fingerprint density at radius 2 is 1.95 bits per heavy atom. The van der Waals surface area contributed by atoms with Gasteiger partial charge in [0.25, 0.3) is 0 Å². The maximum absolute atomic E-state index is 12.0. The van der Waals surface area contributed by atoms with Gasteiger partial charge in [-0.05, 0) is 31.2 Å². The summed E-state index contributed by atoms with van der Waals surface area (Å²) >= 11 is 1.43. The molecule has 0 spiro atoms. The number of hydrogen-bond donors (Lipinski definition) is 2. The highest BCUT2D eigenvalue weighted by molar-refractivity contribution is 8.00. The molecule has 0 atom stereocenters.